The van der Waals surface area contributed by atoms with Crippen LogP contribution in [0, 0.1) is 0 Å². The molecule has 1 aliphatic heterocycles. The summed E-state index contributed by atoms with van der Waals surface area (Å²) in [5, 5.41) is 6.11. The number of anilines is 1. The van der Waals surface area contributed by atoms with E-state index in [9.17, 15) is 0 Å². The lowest BCUT2D eigenvalue weighted by Crippen LogP contribution is -2.48. The lowest BCUT2D eigenvalue weighted by Gasteiger charge is -2.35. The first kappa shape index (κ1) is 14.4. The van der Waals surface area contributed by atoms with Gasteiger partial charge < -0.3 is 10.1 Å². The van der Waals surface area contributed by atoms with Crippen LogP contribution in [0.3, 0.4) is 0 Å². The molecule has 0 amide bonds. The molecule has 1 heterocycles. The van der Waals surface area contributed by atoms with Crippen LogP contribution in [0.4, 0.5) is 5.69 Å². The second-order valence-corrected chi connectivity index (χ2v) is 5.99. The van der Waals surface area contributed by atoms with Crippen molar-refractivity contribution in [2.75, 3.05) is 31.6 Å². The lowest BCUT2D eigenvalue weighted by molar-refractivity contribution is -0.0315. The van der Waals surface area contributed by atoms with E-state index in [1.807, 2.05) is 0 Å². The molecule has 0 aromatic heterocycles. The van der Waals surface area contributed by atoms with Gasteiger partial charge in [-0.05, 0) is 25.3 Å². The Labute approximate surface area is 126 Å². The summed E-state index contributed by atoms with van der Waals surface area (Å²) in [5.41, 5.74) is 1.19. The Bertz CT molecular complexity index is 591. The second-order valence-electron chi connectivity index (χ2n) is 5.99. The Morgan fingerprint density at radius 1 is 1.19 bits per heavy atom. The molecule has 1 unspecified atom stereocenters. The van der Waals surface area contributed by atoms with Gasteiger partial charge in [0.05, 0.1) is 12.7 Å². The number of fused-ring (bicyclic) bond motifs is 1. The summed E-state index contributed by atoms with van der Waals surface area (Å²) in [6, 6.07) is 15.5. The third kappa shape index (κ3) is 3.36. The highest BCUT2D eigenvalue weighted by Crippen LogP contribution is 2.23. The number of benzene rings is 2. The third-order valence-electron chi connectivity index (χ3n) is 4.21. The van der Waals surface area contributed by atoms with Crippen LogP contribution in [0.25, 0.3) is 10.8 Å². The standard InChI is InChI=1S/C18H24N2O/c1-14(2)20-10-11-21-16(13-20)12-19-18-9-5-7-15-6-3-4-8-17(15)18/h3-9,14,16,19H,10-13H2,1-2H3. The molecule has 0 saturated carbocycles. The molecule has 1 saturated heterocycles. The Hall–Kier alpha value is -1.58. The van der Waals surface area contributed by atoms with Gasteiger partial charge in [0.15, 0.2) is 0 Å². The molecule has 2 aromatic rings. The molecule has 1 N–H and O–H groups in total. The van der Waals surface area contributed by atoms with Crippen molar-refractivity contribution in [2.45, 2.75) is 26.0 Å². The van der Waals surface area contributed by atoms with Gasteiger partial charge in [0.1, 0.15) is 0 Å². The van der Waals surface area contributed by atoms with Crippen molar-refractivity contribution in [3.8, 4) is 0 Å². The average Bonchev–Trinajstić information content (AvgIpc) is 2.53. The molecule has 21 heavy (non-hydrogen) atoms. The number of rotatable bonds is 4. The highest BCUT2D eigenvalue weighted by Gasteiger charge is 2.21. The van der Waals surface area contributed by atoms with Crippen molar-refractivity contribution in [1.29, 1.82) is 0 Å². The zero-order valence-electron chi connectivity index (χ0n) is 12.9. The summed E-state index contributed by atoms with van der Waals surface area (Å²) < 4.78 is 5.89. The molecule has 112 valence electrons. The Kier molecular flexibility index (Phi) is 4.42. The van der Waals surface area contributed by atoms with Crippen LogP contribution < -0.4 is 5.32 Å². The van der Waals surface area contributed by atoms with Crippen molar-refractivity contribution < 1.29 is 4.74 Å². The van der Waals surface area contributed by atoms with E-state index in [1.165, 1.54) is 16.5 Å². The summed E-state index contributed by atoms with van der Waals surface area (Å²) >= 11 is 0. The predicted molar refractivity (Wildman–Crippen MR) is 88.9 cm³/mol. The van der Waals surface area contributed by atoms with E-state index in [-0.39, 0.29) is 6.10 Å². The Morgan fingerprint density at radius 3 is 2.86 bits per heavy atom. The zero-order valence-corrected chi connectivity index (χ0v) is 12.9. The van der Waals surface area contributed by atoms with Crippen LogP contribution in [0.15, 0.2) is 42.5 Å². The van der Waals surface area contributed by atoms with E-state index in [2.05, 4.69) is 66.5 Å². The van der Waals surface area contributed by atoms with E-state index in [1.54, 1.807) is 0 Å². The molecule has 0 spiro atoms. The van der Waals surface area contributed by atoms with Crippen LogP contribution in [-0.4, -0.2) is 43.3 Å². The largest absolute Gasteiger partial charge is 0.382 e. The van der Waals surface area contributed by atoms with Gasteiger partial charge in [-0.25, -0.2) is 0 Å². The van der Waals surface area contributed by atoms with Gasteiger partial charge in [-0.3, -0.25) is 4.90 Å². The topological polar surface area (TPSA) is 24.5 Å². The molecule has 3 nitrogen and oxygen atoms in total. The van der Waals surface area contributed by atoms with E-state index >= 15 is 0 Å². The summed E-state index contributed by atoms with van der Waals surface area (Å²) in [4.78, 5) is 2.49. The number of morpholine rings is 1. The van der Waals surface area contributed by atoms with Crippen LogP contribution in [-0.2, 0) is 4.74 Å². The van der Waals surface area contributed by atoms with Crippen LogP contribution in [0.1, 0.15) is 13.8 Å². The smallest absolute Gasteiger partial charge is 0.0874 e. The van der Waals surface area contributed by atoms with E-state index in [0.717, 1.165) is 26.2 Å². The molecule has 1 fully saturated rings. The summed E-state index contributed by atoms with van der Waals surface area (Å²) in [5.74, 6) is 0. The minimum absolute atomic E-state index is 0.264. The Morgan fingerprint density at radius 2 is 2.00 bits per heavy atom. The van der Waals surface area contributed by atoms with Crippen LogP contribution in [0.2, 0.25) is 0 Å². The van der Waals surface area contributed by atoms with Crippen molar-refractivity contribution in [3.05, 3.63) is 42.5 Å². The molecule has 3 heteroatoms. The first-order chi connectivity index (χ1) is 10.2. The predicted octanol–water partition coefficient (Wildman–Crippen LogP) is 3.36. The quantitative estimate of drug-likeness (QED) is 0.931. The number of ether oxygens (including phenoxy) is 1. The van der Waals surface area contributed by atoms with Crippen molar-refractivity contribution >= 4 is 16.5 Å². The van der Waals surface area contributed by atoms with Crippen LogP contribution in [0.5, 0.6) is 0 Å². The molecule has 0 bridgehead atoms. The van der Waals surface area contributed by atoms with Crippen LogP contribution >= 0.6 is 0 Å². The third-order valence-corrected chi connectivity index (χ3v) is 4.21. The number of nitrogens with zero attached hydrogens (tertiary/aromatic N) is 1. The number of nitrogens with one attached hydrogen (secondary N) is 1. The van der Waals surface area contributed by atoms with Gasteiger partial charge in [-0.2, -0.15) is 0 Å². The molecule has 0 aliphatic carbocycles. The van der Waals surface area contributed by atoms with E-state index < -0.39 is 0 Å². The minimum atomic E-state index is 0.264. The Balaban J connectivity index is 1.66. The molecule has 1 atom stereocenters. The maximum atomic E-state index is 5.89. The lowest BCUT2D eigenvalue weighted by atomic mass is 10.1. The summed E-state index contributed by atoms with van der Waals surface area (Å²) in [6.45, 7) is 8.25. The van der Waals surface area contributed by atoms with Gasteiger partial charge >= 0.3 is 0 Å². The van der Waals surface area contributed by atoms with Gasteiger partial charge in [-0.1, -0.05) is 36.4 Å². The molecular formula is C18H24N2O. The van der Waals surface area contributed by atoms with Crippen molar-refractivity contribution in [2.24, 2.45) is 0 Å². The SMILES string of the molecule is CC(C)N1CCOC(CNc2cccc3ccccc23)C1. The number of hydrogen-bond donors (Lipinski definition) is 1. The van der Waals surface area contributed by atoms with E-state index in [4.69, 9.17) is 4.74 Å². The first-order valence-electron chi connectivity index (χ1n) is 7.81. The fraction of sp³-hybridized carbons (Fsp3) is 0.444. The maximum absolute atomic E-state index is 5.89. The second kappa shape index (κ2) is 6.46. The van der Waals surface area contributed by atoms with Crippen molar-refractivity contribution in [3.63, 3.8) is 0 Å². The fourth-order valence-corrected chi connectivity index (χ4v) is 2.94. The normalized spacial score (nSPS) is 20.0. The number of hydrogen-bond acceptors (Lipinski definition) is 3. The van der Waals surface area contributed by atoms with E-state index in [0.29, 0.717) is 6.04 Å². The molecule has 0 radical (unpaired) electrons. The van der Waals surface area contributed by atoms with Gasteiger partial charge in [-0.15, -0.1) is 0 Å². The molecule has 1 aliphatic rings. The first-order valence-corrected chi connectivity index (χ1v) is 7.81. The van der Waals surface area contributed by atoms with Crippen molar-refractivity contribution in [1.82, 2.24) is 4.90 Å². The minimum Gasteiger partial charge on any atom is -0.382 e. The summed E-state index contributed by atoms with van der Waals surface area (Å²) in [7, 11) is 0. The van der Waals surface area contributed by atoms with Gasteiger partial charge in [0, 0.05) is 36.7 Å². The molecule has 3 rings (SSSR count). The average molecular weight is 284 g/mol. The maximum Gasteiger partial charge on any atom is 0.0874 e. The monoisotopic (exact) mass is 284 g/mol. The fourth-order valence-electron chi connectivity index (χ4n) is 2.94. The highest BCUT2D eigenvalue weighted by molar-refractivity contribution is 5.93. The van der Waals surface area contributed by atoms with Gasteiger partial charge in [0.25, 0.3) is 0 Å². The van der Waals surface area contributed by atoms with Gasteiger partial charge in [0.2, 0.25) is 0 Å². The summed E-state index contributed by atoms with van der Waals surface area (Å²) in [6.07, 6.45) is 0.264. The highest BCUT2D eigenvalue weighted by atomic mass is 16.5. The molecule has 2 aromatic carbocycles. The zero-order chi connectivity index (χ0) is 14.7. The molecular weight excluding hydrogens is 260 g/mol.